The molecule has 0 aromatic carbocycles. The van der Waals surface area contributed by atoms with Crippen LogP contribution in [0.15, 0.2) is 12.1 Å². The van der Waals surface area contributed by atoms with Gasteiger partial charge < -0.3 is 19.5 Å². The van der Waals surface area contributed by atoms with E-state index in [1.807, 2.05) is 26.8 Å². The smallest absolute Gasteiger partial charge is 0.215 e. The van der Waals surface area contributed by atoms with Crippen LogP contribution in [0.5, 0.6) is 5.88 Å². The Morgan fingerprint density at radius 3 is 3.00 bits per heavy atom. The Morgan fingerprint density at radius 1 is 1.45 bits per heavy atom. The van der Waals surface area contributed by atoms with Gasteiger partial charge in [0.2, 0.25) is 5.88 Å². The van der Waals surface area contributed by atoms with Crippen molar-refractivity contribution in [1.82, 2.24) is 4.98 Å². The highest BCUT2D eigenvalue weighted by atomic mass is 16.5. The fraction of sp³-hybridized carbons (Fsp3) is 0.667. The van der Waals surface area contributed by atoms with Gasteiger partial charge in [0.1, 0.15) is 12.4 Å². The van der Waals surface area contributed by atoms with Crippen LogP contribution in [-0.4, -0.2) is 48.6 Å². The molecule has 1 aromatic rings. The number of nitrogens with zero attached hydrogens (tertiary/aromatic N) is 2. The van der Waals surface area contributed by atoms with Crippen LogP contribution in [0.25, 0.3) is 0 Å². The van der Waals surface area contributed by atoms with Crippen LogP contribution in [0, 0.1) is 6.92 Å². The zero-order valence-corrected chi connectivity index (χ0v) is 12.5. The number of ether oxygens (including phenoxy) is 2. The van der Waals surface area contributed by atoms with Gasteiger partial charge in [-0.25, -0.2) is 0 Å². The number of morpholine rings is 1. The summed E-state index contributed by atoms with van der Waals surface area (Å²) < 4.78 is 11.0. The second-order valence-corrected chi connectivity index (χ2v) is 4.82. The number of aliphatic hydroxyl groups is 1. The Bertz CT molecular complexity index is 439. The lowest BCUT2D eigenvalue weighted by atomic mass is 10.2. The van der Waals surface area contributed by atoms with Crippen LogP contribution >= 0.6 is 0 Å². The third-order valence-corrected chi connectivity index (χ3v) is 3.33. The van der Waals surface area contributed by atoms with Gasteiger partial charge in [-0.1, -0.05) is 13.8 Å². The molecule has 0 spiro atoms. The third-order valence-electron chi connectivity index (χ3n) is 3.33. The zero-order chi connectivity index (χ0) is 14.5. The maximum atomic E-state index is 8.78. The summed E-state index contributed by atoms with van der Waals surface area (Å²) in [6, 6.07) is 4.45. The van der Waals surface area contributed by atoms with Crippen LogP contribution < -0.4 is 9.64 Å². The number of aromatic nitrogens is 1. The lowest BCUT2D eigenvalue weighted by molar-refractivity contribution is 0.102. The Labute approximate surface area is 120 Å². The Kier molecular flexibility index (Phi) is 5.20. The van der Waals surface area contributed by atoms with Gasteiger partial charge in [0, 0.05) is 12.6 Å². The van der Waals surface area contributed by atoms with Crippen LogP contribution in [0.4, 0.5) is 5.82 Å². The van der Waals surface area contributed by atoms with Gasteiger partial charge in [0.15, 0.2) is 0 Å². The molecule has 1 aliphatic carbocycles. The summed E-state index contributed by atoms with van der Waals surface area (Å²) in [5.74, 6) is 1.54. The van der Waals surface area contributed by atoms with Crippen LogP contribution in [0.1, 0.15) is 25.8 Å². The van der Waals surface area contributed by atoms with Gasteiger partial charge in [0.05, 0.1) is 25.4 Å². The first kappa shape index (κ1) is 15.1. The molecule has 2 fully saturated rings. The van der Waals surface area contributed by atoms with E-state index < -0.39 is 0 Å². The highest BCUT2D eigenvalue weighted by molar-refractivity contribution is 5.47. The molecule has 1 saturated carbocycles. The summed E-state index contributed by atoms with van der Waals surface area (Å²) in [6.07, 6.45) is 1.49. The Morgan fingerprint density at radius 2 is 2.25 bits per heavy atom. The number of aliphatic hydroxyl groups excluding tert-OH is 1. The number of anilines is 1. The summed E-state index contributed by atoms with van der Waals surface area (Å²) in [6.45, 7) is 7.97. The van der Waals surface area contributed by atoms with E-state index in [2.05, 4.69) is 16.0 Å². The van der Waals surface area contributed by atoms with E-state index >= 15 is 0 Å². The second kappa shape index (κ2) is 6.90. The van der Waals surface area contributed by atoms with Gasteiger partial charge in [-0.2, -0.15) is 4.98 Å². The minimum Gasteiger partial charge on any atom is -0.475 e. The highest BCUT2D eigenvalue weighted by Gasteiger charge is 2.46. The number of pyridine rings is 1. The maximum Gasteiger partial charge on any atom is 0.215 e. The van der Waals surface area contributed by atoms with Gasteiger partial charge in [-0.15, -0.1) is 0 Å². The average Bonchev–Trinajstić information content (AvgIpc) is 3.26. The van der Waals surface area contributed by atoms with E-state index in [-0.39, 0.29) is 13.2 Å². The number of hydrogen-bond donors (Lipinski definition) is 1. The zero-order valence-electron chi connectivity index (χ0n) is 12.5. The first-order chi connectivity index (χ1) is 9.78. The van der Waals surface area contributed by atoms with Crippen LogP contribution in [-0.2, 0) is 4.74 Å². The van der Waals surface area contributed by atoms with Crippen molar-refractivity contribution in [2.75, 3.05) is 31.3 Å². The molecule has 1 N–H and O–H groups in total. The molecular weight excluding hydrogens is 256 g/mol. The van der Waals surface area contributed by atoms with Gasteiger partial charge in [-0.3, -0.25) is 0 Å². The minimum atomic E-state index is 0.00715. The van der Waals surface area contributed by atoms with E-state index in [1.54, 1.807) is 0 Å². The molecule has 1 aliphatic heterocycles. The molecule has 112 valence electrons. The Balaban J connectivity index is 0.000000704. The molecule has 1 saturated heterocycles. The summed E-state index contributed by atoms with van der Waals surface area (Å²) >= 11 is 0. The van der Waals surface area contributed by atoms with Crippen molar-refractivity contribution < 1.29 is 14.6 Å². The van der Waals surface area contributed by atoms with Crippen LogP contribution in [0.3, 0.4) is 0 Å². The summed E-state index contributed by atoms with van der Waals surface area (Å²) in [5.41, 5.74) is 1.12. The number of aryl methyl sites for hydroxylation is 1. The van der Waals surface area contributed by atoms with Crippen LogP contribution in [0.2, 0.25) is 0 Å². The highest BCUT2D eigenvalue weighted by Crippen LogP contribution is 2.37. The SMILES string of the molecule is CC.Cc1cc(OCCO)nc(N2CCOC3CC32)c1. The molecule has 5 nitrogen and oxygen atoms in total. The lowest BCUT2D eigenvalue weighted by Gasteiger charge is -2.28. The first-order valence-corrected chi connectivity index (χ1v) is 7.38. The predicted molar refractivity (Wildman–Crippen MR) is 78.4 cm³/mol. The normalized spacial score (nSPS) is 23.5. The van der Waals surface area contributed by atoms with E-state index in [9.17, 15) is 0 Å². The van der Waals surface area contributed by atoms with Gasteiger partial charge >= 0.3 is 0 Å². The molecule has 2 aliphatic rings. The lowest BCUT2D eigenvalue weighted by Crippen LogP contribution is -2.37. The molecule has 1 aromatic heterocycles. The maximum absolute atomic E-state index is 8.78. The van der Waals surface area contributed by atoms with Crippen molar-refractivity contribution in [2.45, 2.75) is 39.3 Å². The molecule has 2 atom stereocenters. The Hall–Kier alpha value is -1.33. The molecule has 20 heavy (non-hydrogen) atoms. The standard InChI is InChI=1S/C13H18N2O3.C2H6/c1-9-6-12(14-13(7-9)18-5-3-16)15-2-4-17-11-8-10(11)15;1-2/h6-7,10-11,16H,2-5,8H2,1H3;1-2H3. The molecule has 5 heteroatoms. The van der Waals surface area contributed by atoms with Crippen molar-refractivity contribution in [2.24, 2.45) is 0 Å². The largest absolute Gasteiger partial charge is 0.475 e. The summed E-state index contributed by atoms with van der Waals surface area (Å²) in [7, 11) is 0. The fourth-order valence-corrected chi connectivity index (χ4v) is 2.41. The first-order valence-electron chi connectivity index (χ1n) is 7.38. The van der Waals surface area contributed by atoms with E-state index in [0.29, 0.717) is 18.0 Å². The second-order valence-electron chi connectivity index (χ2n) is 4.82. The fourth-order valence-electron chi connectivity index (χ4n) is 2.41. The molecule has 0 radical (unpaired) electrons. The summed E-state index contributed by atoms with van der Waals surface area (Å²) in [4.78, 5) is 6.81. The predicted octanol–water partition coefficient (Wildman–Crippen LogP) is 1.76. The monoisotopic (exact) mass is 280 g/mol. The van der Waals surface area contributed by atoms with E-state index in [0.717, 1.165) is 31.0 Å². The van der Waals surface area contributed by atoms with Crippen molar-refractivity contribution in [3.63, 3.8) is 0 Å². The summed E-state index contributed by atoms with van der Waals surface area (Å²) in [5, 5.41) is 8.78. The average molecular weight is 280 g/mol. The number of rotatable bonds is 4. The third kappa shape index (κ3) is 3.41. The topological polar surface area (TPSA) is 54.8 Å². The van der Waals surface area contributed by atoms with Crippen molar-refractivity contribution in [3.05, 3.63) is 17.7 Å². The van der Waals surface area contributed by atoms with Gasteiger partial charge in [0.25, 0.3) is 0 Å². The minimum absolute atomic E-state index is 0.00715. The van der Waals surface area contributed by atoms with E-state index in [1.165, 1.54) is 0 Å². The van der Waals surface area contributed by atoms with Gasteiger partial charge in [-0.05, 0) is 25.0 Å². The molecule has 0 bridgehead atoms. The molecule has 3 rings (SSSR count). The van der Waals surface area contributed by atoms with Crippen molar-refractivity contribution >= 4 is 5.82 Å². The molecule has 2 unspecified atom stereocenters. The van der Waals surface area contributed by atoms with E-state index in [4.69, 9.17) is 14.6 Å². The van der Waals surface area contributed by atoms with Crippen molar-refractivity contribution in [1.29, 1.82) is 0 Å². The number of fused-ring (bicyclic) bond motifs is 1. The molecule has 2 heterocycles. The number of hydrogen-bond acceptors (Lipinski definition) is 5. The quantitative estimate of drug-likeness (QED) is 0.911. The molecule has 0 amide bonds. The molecular formula is C15H24N2O3. The van der Waals surface area contributed by atoms with Crippen molar-refractivity contribution in [3.8, 4) is 5.88 Å².